The van der Waals surface area contributed by atoms with Crippen molar-refractivity contribution in [2.24, 2.45) is 5.92 Å². The number of ether oxygens (including phenoxy) is 2. The van der Waals surface area contributed by atoms with Crippen molar-refractivity contribution >= 4 is 0 Å². The standard InChI is InChI=1S/C22H29NO4/c1-26-22-8-7-16(25)20-21(22)9-10-23(12-13-3-2-4-13)17(22)11-14-5-6-15(24)19(27-20)18(14)21/h5-6,13,16-17,20,24-25H,2-4,7-12H2,1H3/t16-,17+,20-,21-,22+/m0/s1. The van der Waals surface area contributed by atoms with Gasteiger partial charge in [-0.05, 0) is 62.6 Å². The summed E-state index contributed by atoms with van der Waals surface area (Å²) in [6, 6.07) is 4.15. The van der Waals surface area contributed by atoms with Crippen molar-refractivity contribution in [3.8, 4) is 11.5 Å². The van der Waals surface area contributed by atoms with Crippen molar-refractivity contribution < 1.29 is 19.7 Å². The summed E-state index contributed by atoms with van der Waals surface area (Å²) in [5, 5.41) is 21.4. The predicted molar refractivity (Wildman–Crippen MR) is 100 cm³/mol. The van der Waals surface area contributed by atoms with Crippen molar-refractivity contribution in [2.75, 3.05) is 20.2 Å². The Balaban J connectivity index is 1.54. The van der Waals surface area contributed by atoms with Crippen molar-refractivity contribution in [2.45, 2.75) is 74.2 Å². The number of aromatic hydroxyl groups is 1. The van der Waals surface area contributed by atoms with E-state index in [4.69, 9.17) is 9.47 Å². The van der Waals surface area contributed by atoms with E-state index in [1.807, 2.05) is 7.11 Å². The van der Waals surface area contributed by atoms with Crippen LogP contribution in [0.25, 0.3) is 0 Å². The molecule has 2 aliphatic heterocycles. The summed E-state index contributed by atoms with van der Waals surface area (Å²) in [5.74, 6) is 1.63. The van der Waals surface area contributed by atoms with Crippen LogP contribution in [0.2, 0.25) is 0 Å². The number of hydrogen-bond acceptors (Lipinski definition) is 5. The average molecular weight is 371 g/mol. The maximum atomic E-state index is 10.9. The molecule has 2 bridgehead atoms. The molecule has 1 aromatic carbocycles. The number of hydrogen-bond donors (Lipinski definition) is 2. The monoisotopic (exact) mass is 371 g/mol. The summed E-state index contributed by atoms with van der Waals surface area (Å²) in [4.78, 5) is 2.68. The summed E-state index contributed by atoms with van der Waals surface area (Å²) >= 11 is 0. The van der Waals surface area contributed by atoms with Crippen molar-refractivity contribution in [1.82, 2.24) is 4.90 Å². The molecule has 2 N–H and O–H groups in total. The summed E-state index contributed by atoms with van der Waals surface area (Å²) < 4.78 is 12.7. The highest BCUT2D eigenvalue weighted by Gasteiger charge is 2.73. The zero-order valence-corrected chi connectivity index (χ0v) is 16.0. The lowest BCUT2D eigenvalue weighted by Crippen LogP contribution is -2.77. The Bertz CT molecular complexity index is 793. The lowest BCUT2D eigenvalue weighted by atomic mass is 9.48. The van der Waals surface area contributed by atoms with E-state index in [0.717, 1.165) is 37.3 Å². The molecule has 6 rings (SSSR count). The number of nitrogens with zero attached hydrogens (tertiary/aromatic N) is 1. The average Bonchev–Trinajstić information content (AvgIpc) is 2.99. The van der Waals surface area contributed by atoms with Gasteiger partial charge in [-0.1, -0.05) is 12.5 Å². The lowest BCUT2D eigenvalue weighted by molar-refractivity contribution is -0.223. The second kappa shape index (κ2) is 5.40. The molecule has 5 atom stereocenters. The van der Waals surface area contributed by atoms with Gasteiger partial charge >= 0.3 is 0 Å². The van der Waals surface area contributed by atoms with Gasteiger partial charge in [0.15, 0.2) is 11.5 Å². The number of rotatable bonds is 3. The number of aliphatic hydroxyl groups is 1. The Kier molecular flexibility index (Phi) is 3.33. The zero-order valence-electron chi connectivity index (χ0n) is 16.0. The normalized spacial score (nSPS) is 42.4. The van der Waals surface area contributed by atoms with Gasteiger partial charge in [-0.25, -0.2) is 0 Å². The van der Waals surface area contributed by atoms with E-state index in [-0.39, 0.29) is 22.9 Å². The molecule has 2 heterocycles. The Morgan fingerprint density at radius 3 is 2.85 bits per heavy atom. The molecule has 1 spiro atoms. The van der Waals surface area contributed by atoms with Crippen LogP contribution < -0.4 is 4.74 Å². The molecular weight excluding hydrogens is 342 g/mol. The number of methoxy groups -OCH3 is 1. The van der Waals surface area contributed by atoms with Crippen LogP contribution in [0.1, 0.15) is 49.7 Å². The van der Waals surface area contributed by atoms with E-state index in [1.54, 1.807) is 6.07 Å². The molecule has 0 aromatic heterocycles. The Morgan fingerprint density at radius 2 is 2.11 bits per heavy atom. The van der Waals surface area contributed by atoms with E-state index in [2.05, 4.69) is 11.0 Å². The van der Waals surface area contributed by atoms with E-state index >= 15 is 0 Å². The van der Waals surface area contributed by atoms with Crippen LogP contribution in [-0.4, -0.2) is 59.2 Å². The molecule has 5 aliphatic rings. The third-order valence-corrected chi connectivity index (χ3v) is 8.58. The fourth-order valence-electron chi connectivity index (χ4n) is 7.22. The molecular formula is C22H29NO4. The van der Waals surface area contributed by atoms with E-state index in [9.17, 15) is 10.2 Å². The van der Waals surface area contributed by atoms with E-state index in [0.29, 0.717) is 18.2 Å². The molecule has 0 unspecified atom stereocenters. The van der Waals surface area contributed by atoms with Crippen LogP contribution in [0.15, 0.2) is 12.1 Å². The smallest absolute Gasteiger partial charge is 0.165 e. The fourth-order valence-corrected chi connectivity index (χ4v) is 7.22. The summed E-state index contributed by atoms with van der Waals surface area (Å²) in [5.41, 5.74) is 1.72. The molecule has 1 aromatic rings. The second-order valence-electron chi connectivity index (χ2n) is 9.42. The minimum atomic E-state index is -0.509. The summed E-state index contributed by atoms with van der Waals surface area (Å²) in [6.45, 7) is 2.19. The van der Waals surface area contributed by atoms with Gasteiger partial charge in [-0.2, -0.15) is 0 Å². The Hall–Kier alpha value is -1.30. The summed E-state index contributed by atoms with van der Waals surface area (Å²) in [6.07, 6.45) is 6.67. The van der Waals surface area contributed by atoms with E-state index < -0.39 is 6.10 Å². The van der Waals surface area contributed by atoms with Crippen LogP contribution in [0.5, 0.6) is 11.5 Å². The molecule has 0 amide bonds. The van der Waals surface area contributed by atoms with Crippen LogP contribution in [0.3, 0.4) is 0 Å². The number of likely N-dealkylation sites (tertiary alicyclic amines) is 1. The topological polar surface area (TPSA) is 62.2 Å². The van der Waals surface area contributed by atoms with Crippen molar-refractivity contribution in [1.29, 1.82) is 0 Å². The van der Waals surface area contributed by atoms with Gasteiger partial charge in [0.1, 0.15) is 6.10 Å². The first-order chi connectivity index (χ1) is 13.1. The third-order valence-electron chi connectivity index (χ3n) is 8.58. The first-order valence-electron chi connectivity index (χ1n) is 10.6. The maximum absolute atomic E-state index is 10.9. The number of aliphatic hydroxyl groups excluding tert-OH is 1. The highest BCUT2D eigenvalue weighted by molar-refractivity contribution is 5.62. The van der Waals surface area contributed by atoms with Crippen molar-refractivity contribution in [3.63, 3.8) is 0 Å². The van der Waals surface area contributed by atoms with Gasteiger partial charge in [-0.15, -0.1) is 0 Å². The highest BCUT2D eigenvalue weighted by atomic mass is 16.5. The minimum Gasteiger partial charge on any atom is -0.504 e. The number of piperidine rings is 1. The molecule has 1 saturated heterocycles. The molecule has 146 valence electrons. The number of phenols is 1. The maximum Gasteiger partial charge on any atom is 0.165 e. The molecule has 3 fully saturated rings. The molecule has 2 saturated carbocycles. The molecule has 5 nitrogen and oxygen atoms in total. The fraction of sp³-hybridized carbons (Fsp3) is 0.727. The summed E-state index contributed by atoms with van der Waals surface area (Å²) in [7, 11) is 1.85. The van der Waals surface area contributed by atoms with Crippen molar-refractivity contribution in [3.05, 3.63) is 23.3 Å². The lowest BCUT2D eigenvalue weighted by Gasteiger charge is -2.65. The van der Waals surface area contributed by atoms with Gasteiger partial charge in [0.25, 0.3) is 0 Å². The Morgan fingerprint density at radius 1 is 1.26 bits per heavy atom. The van der Waals surface area contributed by atoms with Crippen LogP contribution in [0, 0.1) is 5.92 Å². The molecule has 5 heteroatoms. The first kappa shape index (κ1) is 16.6. The minimum absolute atomic E-state index is 0.199. The first-order valence-corrected chi connectivity index (χ1v) is 10.6. The third kappa shape index (κ3) is 1.82. The van der Waals surface area contributed by atoms with Crippen LogP contribution in [-0.2, 0) is 16.6 Å². The van der Waals surface area contributed by atoms with Gasteiger partial charge in [0.2, 0.25) is 0 Å². The highest BCUT2D eigenvalue weighted by Crippen LogP contribution is 2.66. The van der Waals surface area contributed by atoms with E-state index in [1.165, 1.54) is 31.4 Å². The molecule has 3 aliphatic carbocycles. The molecule has 27 heavy (non-hydrogen) atoms. The second-order valence-corrected chi connectivity index (χ2v) is 9.42. The van der Waals surface area contributed by atoms with Gasteiger partial charge in [0.05, 0.1) is 17.1 Å². The predicted octanol–water partition coefficient (Wildman–Crippen LogP) is 2.36. The zero-order chi connectivity index (χ0) is 18.4. The Labute approximate surface area is 160 Å². The van der Waals surface area contributed by atoms with Crippen LogP contribution >= 0.6 is 0 Å². The quantitative estimate of drug-likeness (QED) is 0.854. The van der Waals surface area contributed by atoms with Crippen LogP contribution in [0.4, 0.5) is 0 Å². The van der Waals surface area contributed by atoms with Gasteiger partial charge in [0, 0.05) is 25.3 Å². The SMILES string of the molecule is CO[C@@]12CC[C@H](O)[C@@H]3Oc4c(O)ccc5c4[C@@]31CCN(CC1CCC1)[C@@H]2C5. The number of benzene rings is 1. The van der Waals surface area contributed by atoms with Gasteiger partial charge in [-0.3, -0.25) is 4.90 Å². The van der Waals surface area contributed by atoms with Gasteiger partial charge < -0.3 is 19.7 Å². The molecule has 0 radical (unpaired) electrons. The number of phenolic OH excluding ortho intramolecular Hbond substituents is 1. The largest absolute Gasteiger partial charge is 0.504 e.